The number of amides is 2. The molecule has 0 saturated carbocycles. The number of carbonyl (C=O) groups is 2. The Hall–Kier alpha value is -1.33. The van der Waals surface area contributed by atoms with Crippen molar-refractivity contribution in [3.63, 3.8) is 0 Å². The first-order valence-electron chi connectivity index (χ1n) is 6.37. The standard InChI is InChI=1S/C14H18N2O2S/c1-9(2)15(10(3)4)19-16-13(17)11-7-5-6-8-12(11)14(16)18/h5-10H,1-4H3. The van der Waals surface area contributed by atoms with Crippen LogP contribution in [-0.4, -0.2) is 32.5 Å². The summed E-state index contributed by atoms with van der Waals surface area (Å²) in [6.07, 6.45) is 0. The molecule has 1 aromatic rings. The molecule has 1 aromatic carbocycles. The normalized spacial score (nSPS) is 15.0. The maximum absolute atomic E-state index is 12.2. The zero-order valence-electron chi connectivity index (χ0n) is 11.6. The van der Waals surface area contributed by atoms with E-state index in [0.29, 0.717) is 11.1 Å². The van der Waals surface area contributed by atoms with Crippen LogP contribution in [0.3, 0.4) is 0 Å². The SMILES string of the molecule is CC(C)N(SN1C(=O)c2ccccc2C1=O)C(C)C. The summed E-state index contributed by atoms with van der Waals surface area (Å²) in [4.78, 5) is 24.5. The molecule has 0 bridgehead atoms. The number of fused-ring (bicyclic) bond motifs is 1. The quantitative estimate of drug-likeness (QED) is 0.627. The summed E-state index contributed by atoms with van der Waals surface area (Å²) in [7, 11) is 0. The number of carbonyl (C=O) groups excluding carboxylic acids is 2. The van der Waals surface area contributed by atoms with Crippen LogP contribution in [0.15, 0.2) is 24.3 Å². The van der Waals surface area contributed by atoms with E-state index in [-0.39, 0.29) is 23.9 Å². The molecule has 0 atom stereocenters. The van der Waals surface area contributed by atoms with Crippen LogP contribution in [0.25, 0.3) is 0 Å². The first kappa shape index (κ1) is 14.1. The molecule has 102 valence electrons. The fraction of sp³-hybridized carbons (Fsp3) is 0.429. The molecular formula is C14H18N2O2S. The maximum Gasteiger partial charge on any atom is 0.272 e. The van der Waals surface area contributed by atoms with Crippen molar-refractivity contribution in [1.29, 1.82) is 0 Å². The molecule has 0 spiro atoms. The van der Waals surface area contributed by atoms with E-state index in [0.717, 1.165) is 0 Å². The molecule has 0 saturated heterocycles. The maximum atomic E-state index is 12.2. The van der Waals surface area contributed by atoms with E-state index in [1.165, 1.54) is 16.4 Å². The largest absolute Gasteiger partial charge is 0.272 e. The third kappa shape index (κ3) is 2.53. The van der Waals surface area contributed by atoms with Crippen molar-refractivity contribution in [1.82, 2.24) is 8.61 Å². The highest BCUT2D eigenvalue weighted by molar-refractivity contribution is 7.95. The lowest BCUT2D eigenvalue weighted by Gasteiger charge is -2.31. The van der Waals surface area contributed by atoms with Gasteiger partial charge in [0.25, 0.3) is 11.8 Å². The highest BCUT2D eigenvalue weighted by Crippen LogP contribution is 2.32. The summed E-state index contributed by atoms with van der Waals surface area (Å²) in [5.74, 6) is -0.450. The predicted octanol–water partition coefficient (Wildman–Crippen LogP) is 2.96. The Morgan fingerprint density at radius 3 is 1.74 bits per heavy atom. The van der Waals surface area contributed by atoms with Crippen molar-refractivity contribution in [3.8, 4) is 0 Å². The van der Waals surface area contributed by atoms with Crippen LogP contribution in [0.5, 0.6) is 0 Å². The highest BCUT2D eigenvalue weighted by Gasteiger charge is 2.38. The zero-order chi connectivity index (χ0) is 14.2. The van der Waals surface area contributed by atoms with Gasteiger partial charge in [0, 0.05) is 12.1 Å². The third-order valence-corrected chi connectivity index (χ3v) is 4.48. The molecular weight excluding hydrogens is 260 g/mol. The smallest absolute Gasteiger partial charge is 0.268 e. The average molecular weight is 278 g/mol. The van der Waals surface area contributed by atoms with Crippen LogP contribution >= 0.6 is 12.1 Å². The monoisotopic (exact) mass is 278 g/mol. The van der Waals surface area contributed by atoms with Crippen LogP contribution in [0.2, 0.25) is 0 Å². The molecule has 0 aliphatic carbocycles. The lowest BCUT2D eigenvalue weighted by molar-refractivity contribution is 0.0770. The van der Waals surface area contributed by atoms with E-state index in [4.69, 9.17) is 0 Å². The minimum atomic E-state index is -0.225. The molecule has 1 aliphatic rings. The van der Waals surface area contributed by atoms with Crippen molar-refractivity contribution in [3.05, 3.63) is 35.4 Å². The van der Waals surface area contributed by atoms with Gasteiger partial charge in [0.1, 0.15) is 0 Å². The first-order valence-corrected chi connectivity index (χ1v) is 7.10. The predicted molar refractivity (Wildman–Crippen MR) is 76.6 cm³/mol. The van der Waals surface area contributed by atoms with Crippen molar-refractivity contribution in [2.24, 2.45) is 0 Å². The number of benzene rings is 1. The lowest BCUT2D eigenvalue weighted by Crippen LogP contribution is -2.37. The summed E-state index contributed by atoms with van der Waals surface area (Å²) in [6, 6.07) is 7.45. The minimum absolute atomic E-state index is 0.225. The van der Waals surface area contributed by atoms with Gasteiger partial charge in [-0.1, -0.05) is 12.1 Å². The number of hydrogen-bond acceptors (Lipinski definition) is 4. The minimum Gasteiger partial charge on any atom is -0.268 e. The molecule has 19 heavy (non-hydrogen) atoms. The Balaban J connectivity index is 2.25. The molecule has 1 aliphatic heterocycles. The van der Waals surface area contributed by atoms with Crippen LogP contribution in [0, 0.1) is 0 Å². The van der Waals surface area contributed by atoms with Crippen LogP contribution in [-0.2, 0) is 0 Å². The van der Waals surface area contributed by atoms with Gasteiger partial charge in [-0.2, -0.15) is 4.31 Å². The second kappa shape index (κ2) is 5.35. The van der Waals surface area contributed by atoms with E-state index in [2.05, 4.69) is 0 Å². The van der Waals surface area contributed by atoms with E-state index in [1.54, 1.807) is 24.3 Å². The van der Waals surface area contributed by atoms with E-state index in [9.17, 15) is 9.59 Å². The number of rotatable bonds is 4. The molecule has 4 nitrogen and oxygen atoms in total. The van der Waals surface area contributed by atoms with E-state index >= 15 is 0 Å². The molecule has 0 aromatic heterocycles. The molecule has 2 amide bonds. The summed E-state index contributed by atoms with van der Waals surface area (Å²) >= 11 is 1.21. The first-order chi connectivity index (χ1) is 8.93. The number of imide groups is 1. The third-order valence-electron chi connectivity index (χ3n) is 2.95. The van der Waals surface area contributed by atoms with Gasteiger partial charge >= 0.3 is 0 Å². The Kier molecular flexibility index (Phi) is 3.96. The summed E-state index contributed by atoms with van der Waals surface area (Å²) < 4.78 is 3.30. The molecule has 0 N–H and O–H groups in total. The zero-order valence-corrected chi connectivity index (χ0v) is 12.4. The van der Waals surface area contributed by atoms with Gasteiger partial charge in [-0.3, -0.25) is 9.59 Å². The van der Waals surface area contributed by atoms with E-state index in [1.807, 2.05) is 32.0 Å². The fourth-order valence-electron chi connectivity index (χ4n) is 2.12. The van der Waals surface area contributed by atoms with Crippen LogP contribution < -0.4 is 0 Å². The van der Waals surface area contributed by atoms with Crippen molar-refractivity contribution >= 4 is 23.9 Å². The second-order valence-corrected chi connectivity index (χ2v) is 6.03. The molecule has 0 radical (unpaired) electrons. The Bertz CT molecular complexity index is 471. The van der Waals surface area contributed by atoms with Gasteiger partial charge in [-0.15, -0.1) is 0 Å². The van der Waals surface area contributed by atoms with Crippen LogP contribution in [0.4, 0.5) is 0 Å². The van der Waals surface area contributed by atoms with E-state index < -0.39 is 0 Å². The molecule has 0 unspecified atom stereocenters. The van der Waals surface area contributed by atoms with Gasteiger partial charge in [0.05, 0.1) is 23.3 Å². The second-order valence-electron chi connectivity index (χ2n) is 5.08. The average Bonchev–Trinajstić information content (AvgIpc) is 2.59. The van der Waals surface area contributed by atoms with Gasteiger partial charge in [-0.05, 0) is 39.8 Å². The van der Waals surface area contributed by atoms with Gasteiger partial charge in [0.2, 0.25) is 0 Å². The summed E-state index contributed by atoms with van der Waals surface area (Å²) in [5.41, 5.74) is 0.986. The van der Waals surface area contributed by atoms with Crippen LogP contribution in [0.1, 0.15) is 48.4 Å². The fourth-order valence-corrected chi connectivity index (χ4v) is 3.03. The van der Waals surface area contributed by atoms with Gasteiger partial charge in [-0.25, -0.2) is 4.31 Å². The van der Waals surface area contributed by atoms with Gasteiger partial charge in [0.15, 0.2) is 0 Å². The Morgan fingerprint density at radius 1 is 0.947 bits per heavy atom. The Labute approximate surface area is 118 Å². The van der Waals surface area contributed by atoms with Crippen molar-refractivity contribution in [2.45, 2.75) is 39.8 Å². The number of nitrogens with zero attached hydrogens (tertiary/aromatic N) is 2. The molecule has 0 fully saturated rings. The molecule has 2 rings (SSSR count). The molecule has 1 heterocycles. The lowest BCUT2D eigenvalue weighted by atomic mass is 10.1. The highest BCUT2D eigenvalue weighted by atomic mass is 32.2. The topological polar surface area (TPSA) is 40.6 Å². The Morgan fingerprint density at radius 2 is 1.37 bits per heavy atom. The van der Waals surface area contributed by atoms with Crippen molar-refractivity contribution < 1.29 is 9.59 Å². The number of hydrogen-bond donors (Lipinski definition) is 0. The summed E-state index contributed by atoms with van der Waals surface area (Å²) in [5, 5.41) is 0. The van der Waals surface area contributed by atoms with Crippen molar-refractivity contribution in [2.75, 3.05) is 0 Å². The van der Waals surface area contributed by atoms with Gasteiger partial charge < -0.3 is 0 Å². The summed E-state index contributed by atoms with van der Waals surface area (Å²) in [6.45, 7) is 8.19. The molecule has 5 heteroatoms.